The zero-order chi connectivity index (χ0) is 23.0. The number of benzene rings is 2. The van der Waals surface area contributed by atoms with Crippen LogP contribution in [0.25, 0.3) is 0 Å². The second kappa shape index (κ2) is 11.0. The first-order valence-electron chi connectivity index (χ1n) is 9.64. The third kappa shape index (κ3) is 6.57. The molecule has 0 aromatic heterocycles. The SMILES string of the molecule is C=CCN(c1ccc(Cl)cc1)S(=O)(=O)c1cccc(C(=O)OCC(=O)N[C@@H](C)CC)c1. The number of rotatable bonds is 10. The van der Waals surface area contributed by atoms with E-state index in [2.05, 4.69) is 11.9 Å². The summed E-state index contributed by atoms with van der Waals surface area (Å²) in [5, 5.41) is 3.16. The quantitative estimate of drug-likeness (QED) is 0.426. The molecule has 31 heavy (non-hydrogen) atoms. The molecule has 0 aliphatic rings. The van der Waals surface area contributed by atoms with Crippen LogP contribution in [0.5, 0.6) is 0 Å². The van der Waals surface area contributed by atoms with Crippen molar-refractivity contribution in [3.05, 3.63) is 71.8 Å². The van der Waals surface area contributed by atoms with E-state index in [1.165, 1.54) is 30.3 Å². The zero-order valence-electron chi connectivity index (χ0n) is 17.4. The van der Waals surface area contributed by atoms with Crippen LogP contribution >= 0.6 is 11.6 Å². The van der Waals surface area contributed by atoms with Crippen molar-refractivity contribution >= 4 is 39.2 Å². The highest BCUT2D eigenvalue weighted by Crippen LogP contribution is 2.25. The maximum absolute atomic E-state index is 13.2. The van der Waals surface area contributed by atoms with Crippen molar-refractivity contribution in [3.8, 4) is 0 Å². The Morgan fingerprint density at radius 2 is 1.90 bits per heavy atom. The highest BCUT2D eigenvalue weighted by atomic mass is 35.5. The monoisotopic (exact) mass is 464 g/mol. The average molecular weight is 465 g/mol. The molecule has 1 amide bonds. The number of nitrogens with zero attached hydrogens (tertiary/aromatic N) is 1. The summed E-state index contributed by atoms with van der Waals surface area (Å²) in [4.78, 5) is 24.1. The first-order chi connectivity index (χ1) is 14.7. The first kappa shape index (κ1) is 24.4. The summed E-state index contributed by atoms with van der Waals surface area (Å²) >= 11 is 5.90. The van der Waals surface area contributed by atoms with Gasteiger partial charge in [-0.25, -0.2) is 13.2 Å². The average Bonchev–Trinajstić information content (AvgIpc) is 2.76. The molecule has 1 N–H and O–H groups in total. The van der Waals surface area contributed by atoms with Crippen molar-refractivity contribution in [2.75, 3.05) is 17.5 Å². The molecule has 9 heteroatoms. The van der Waals surface area contributed by atoms with Gasteiger partial charge in [-0.1, -0.05) is 30.7 Å². The molecule has 2 rings (SSSR count). The molecule has 0 saturated carbocycles. The summed E-state index contributed by atoms with van der Waals surface area (Å²) in [6.45, 7) is 6.95. The molecule has 0 heterocycles. The minimum absolute atomic E-state index is 0.0204. The Morgan fingerprint density at radius 1 is 1.23 bits per heavy atom. The van der Waals surface area contributed by atoms with Gasteiger partial charge >= 0.3 is 5.97 Å². The molecule has 1 atom stereocenters. The number of nitrogens with one attached hydrogen (secondary N) is 1. The molecule has 2 aromatic rings. The number of halogens is 1. The van der Waals surface area contributed by atoms with Crippen molar-refractivity contribution in [2.45, 2.75) is 31.2 Å². The molecule has 0 saturated heterocycles. The number of hydrogen-bond donors (Lipinski definition) is 1. The van der Waals surface area contributed by atoms with Gasteiger partial charge in [0.05, 0.1) is 22.7 Å². The highest BCUT2D eigenvalue weighted by Gasteiger charge is 2.25. The van der Waals surface area contributed by atoms with Gasteiger partial charge in [-0.3, -0.25) is 9.10 Å². The lowest BCUT2D eigenvalue weighted by molar-refractivity contribution is -0.124. The van der Waals surface area contributed by atoms with Crippen LogP contribution in [0.1, 0.15) is 30.6 Å². The Hall–Kier alpha value is -2.84. The van der Waals surface area contributed by atoms with Crippen LogP contribution < -0.4 is 9.62 Å². The Kier molecular flexibility index (Phi) is 8.65. The maximum atomic E-state index is 13.2. The van der Waals surface area contributed by atoms with E-state index in [0.29, 0.717) is 10.7 Å². The molecule has 0 aliphatic heterocycles. The molecule has 166 valence electrons. The predicted molar refractivity (Wildman–Crippen MR) is 121 cm³/mol. The minimum atomic E-state index is -4.00. The van der Waals surface area contributed by atoms with Gasteiger partial charge in [-0.15, -0.1) is 6.58 Å². The van der Waals surface area contributed by atoms with Crippen LogP contribution in [0, 0.1) is 0 Å². The van der Waals surface area contributed by atoms with Crippen LogP contribution in [0.2, 0.25) is 5.02 Å². The van der Waals surface area contributed by atoms with Gasteiger partial charge in [0.1, 0.15) is 0 Å². The third-order valence-corrected chi connectivity index (χ3v) is 6.46. The van der Waals surface area contributed by atoms with Crippen LogP contribution in [0.15, 0.2) is 66.1 Å². The molecule has 0 spiro atoms. The summed E-state index contributed by atoms with van der Waals surface area (Å²) in [5.41, 5.74) is 0.422. The Labute approximate surface area is 187 Å². The number of anilines is 1. The molecule has 0 aliphatic carbocycles. The van der Waals surface area contributed by atoms with E-state index in [0.717, 1.165) is 10.7 Å². The van der Waals surface area contributed by atoms with E-state index in [1.54, 1.807) is 24.3 Å². The number of ether oxygens (including phenoxy) is 1. The largest absolute Gasteiger partial charge is 0.452 e. The van der Waals surface area contributed by atoms with E-state index in [4.69, 9.17) is 16.3 Å². The molecule has 0 unspecified atom stereocenters. The van der Waals surface area contributed by atoms with Gasteiger partial charge in [0.15, 0.2) is 6.61 Å². The molecular weight excluding hydrogens is 440 g/mol. The lowest BCUT2D eigenvalue weighted by atomic mass is 10.2. The van der Waals surface area contributed by atoms with Crippen molar-refractivity contribution in [3.63, 3.8) is 0 Å². The highest BCUT2D eigenvalue weighted by molar-refractivity contribution is 7.92. The van der Waals surface area contributed by atoms with Crippen molar-refractivity contribution in [1.82, 2.24) is 5.32 Å². The fourth-order valence-corrected chi connectivity index (χ4v) is 4.22. The fraction of sp³-hybridized carbons (Fsp3) is 0.273. The summed E-state index contributed by atoms with van der Waals surface area (Å²) in [5.74, 6) is -1.22. The van der Waals surface area contributed by atoms with Gasteiger partial charge in [0, 0.05) is 11.1 Å². The van der Waals surface area contributed by atoms with Gasteiger partial charge in [-0.05, 0) is 55.8 Å². The molecule has 0 radical (unpaired) electrons. The number of amides is 1. The summed E-state index contributed by atoms with van der Waals surface area (Å²) in [6.07, 6.45) is 2.20. The lowest BCUT2D eigenvalue weighted by Gasteiger charge is -2.23. The molecule has 2 aromatic carbocycles. The third-order valence-electron chi connectivity index (χ3n) is 4.42. The van der Waals surface area contributed by atoms with Gasteiger partial charge < -0.3 is 10.1 Å². The summed E-state index contributed by atoms with van der Waals surface area (Å²) < 4.78 is 32.6. The van der Waals surface area contributed by atoms with E-state index in [9.17, 15) is 18.0 Å². The van der Waals surface area contributed by atoms with Gasteiger partial charge in [0.25, 0.3) is 15.9 Å². The Bertz CT molecular complexity index is 1040. The fourth-order valence-electron chi connectivity index (χ4n) is 2.61. The van der Waals surface area contributed by atoms with Gasteiger partial charge in [-0.2, -0.15) is 0 Å². The second-order valence-corrected chi connectivity index (χ2v) is 9.08. The smallest absolute Gasteiger partial charge is 0.338 e. The standard InChI is InChI=1S/C22H25ClN2O5S/c1-4-13-25(19-11-9-18(23)10-12-19)31(28,29)20-8-6-7-17(14-20)22(27)30-15-21(26)24-16(3)5-2/h4,6-12,14,16H,1,5,13,15H2,2-3H3,(H,24,26)/t16-/m0/s1. The molecular formula is C22H25ClN2O5S. The second-order valence-electron chi connectivity index (χ2n) is 6.78. The van der Waals surface area contributed by atoms with Crippen LogP contribution in [0.4, 0.5) is 5.69 Å². The van der Waals surface area contributed by atoms with Crippen molar-refractivity contribution in [2.24, 2.45) is 0 Å². The lowest BCUT2D eigenvalue weighted by Crippen LogP contribution is -2.35. The number of esters is 1. The maximum Gasteiger partial charge on any atom is 0.338 e. The Balaban J connectivity index is 2.23. The number of hydrogen-bond acceptors (Lipinski definition) is 5. The van der Waals surface area contributed by atoms with E-state index in [-0.39, 0.29) is 23.0 Å². The normalized spacial score (nSPS) is 12.0. The topological polar surface area (TPSA) is 92.8 Å². The van der Waals surface area contributed by atoms with E-state index >= 15 is 0 Å². The molecule has 7 nitrogen and oxygen atoms in total. The number of sulfonamides is 1. The minimum Gasteiger partial charge on any atom is -0.452 e. The zero-order valence-corrected chi connectivity index (χ0v) is 18.9. The van der Waals surface area contributed by atoms with Crippen molar-refractivity contribution in [1.29, 1.82) is 0 Å². The summed E-state index contributed by atoms with van der Waals surface area (Å²) in [7, 11) is -4.00. The van der Waals surface area contributed by atoms with Gasteiger partial charge in [0.2, 0.25) is 0 Å². The van der Waals surface area contributed by atoms with Crippen LogP contribution in [-0.4, -0.2) is 39.5 Å². The number of carbonyl (C=O) groups excluding carboxylic acids is 2. The van der Waals surface area contributed by atoms with E-state index < -0.39 is 28.5 Å². The first-order valence-corrected chi connectivity index (χ1v) is 11.5. The van der Waals surface area contributed by atoms with Crippen LogP contribution in [0.3, 0.4) is 0 Å². The van der Waals surface area contributed by atoms with Crippen molar-refractivity contribution < 1.29 is 22.7 Å². The molecule has 0 fully saturated rings. The molecule has 0 bridgehead atoms. The summed E-state index contributed by atoms with van der Waals surface area (Å²) in [6, 6.07) is 11.8. The Morgan fingerprint density at radius 3 is 2.52 bits per heavy atom. The van der Waals surface area contributed by atoms with E-state index in [1.807, 2.05) is 13.8 Å². The van der Waals surface area contributed by atoms with Crippen LogP contribution in [-0.2, 0) is 19.6 Å². The predicted octanol–water partition coefficient (Wildman–Crippen LogP) is 3.79. The number of carbonyl (C=O) groups is 2.